The molecule has 0 amide bonds. The van der Waals surface area contributed by atoms with E-state index in [0.717, 1.165) is 30.0 Å². The van der Waals surface area contributed by atoms with Crippen molar-refractivity contribution in [1.82, 2.24) is 9.97 Å². The molecule has 3 rings (SSSR count). The highest BCUT2D eigenvalue weighted by molar-refractivity contribution is 8.29. The van der Waals surface area contributed by atoms with Crippen LogP contribution in [0.3, 0.4) is 0 Å². The predicted molar refractivity (Wildman–Crippen MR) is 59.9 cm³/mol. The first-order valence-corrected chi connectivity index (χ1v) is 7.21. The summed E-state index contributed by atoms with van der Waals surface area (Å²) in [6.07, 6.45) is 3.85. The Hall–Kier alpha value is -0.850. The van der Waals surface area contributed by atoms with Gasteiger partial charge in [0.25, 0.3) is 0 Å². The molecule has 0 bridgehead atoms. The third kappa shape index (κ3) is 2.14. The molecule has 1 aromatic rings. The lowest BCUT2D eigenvalue weighted by Gasteiger charge is -2.27. The first-order chi connectivity index (χ1) is 7.76. The van der Waals surface area contributed by atoms with E-state index in [1.165, 1.54) is 0 Å². The van der Waals surface area contributed by atoms with Gasteiger partial charge >= 0.3 is 6.01 Å². The van der Waals surface area contributed by atoms with Gasteiger partial charge < -0.3 is 4.74 Å². The molecule has 1 aromatic heterocycles. The zero-order chi connectivity index (χ0) is 11.0. The number of hydrogen-bond acceptors (Lipinski definition) is 5. The Morgan fingerprint density at radius 2 is 2.12 bits per heavy atom. The standard InChI is InChI=1S/C10H14N2O3S/c1-8-2-5-11-10(12-8)13-9-3-6-16(7-4-9)14-15-16/h2,5,9H,3-4,6-7H2,1H3. The molecule has 0 unspecified atom stereocenters. The Bertz CT molecular complexity index is 387. The summed E-state index contributed by atoms with van der Waals surface area (Å²) in [5, 5.41) is 0. The predicted octanol–water partition coefficient (Wildman–Crippen LogP) is 1.92. The van der Waals surface area contributed by atoms with Crippen LogP contribution in [0, 0.1) is 6.92 Å². The maximum absolute atomic E-state index is 5.74. The fourth-order valence-electron chi connectivity index (χ4n) is 1.79. The van der Waals surface area contributed by atoms with Gasteiger partial charge in [0.2, 0.25) is 0 Å². The van der Waals surface area contributed by atoms with Gasteiger partial charge in [-0.3, -0.25) is 0 Å². The van der Waals surface area contributed by atoms with Crippen molar-refractivity contribution in [1.29, 1.82) is 0 Å². The molecule has 5 nitrogen and oxygen atoms in total. The molecule has 6 heteroatoms. The van der Waals surface area contributed by atoms with Gasteiger partial charge in [0.05, 0.1) is 0 Å². The smallest absolute Gasteiger partial charge is 0.316 e. The number of aryl methyl sites for hydroxylation is 1. The summed E-state index contributed by atoms with van der Waals surface area (Å²) < 4.78 is 15.8. The number of nitrogens with zero attached hydrogens (tertiary/aromatic N) is 2. The van der Waals surface area contributed by atoms with Crippen LogP contribution in [0.15, 0.2) is 12.3 Å². The normalized spacial score (nSPS) is 25.3. The topological polar surface area (TPSA) is 60.1 Å². The van der Waals surface area contributed by atoms with Crippen molar-refractivity contribution in [3.05, 3.63) is 18.0 Å². The molecule has 88 valence electrons. The summed E-state index contributed by atoms with van der Waals surface area (Å²) in [6, 6.07) is 2.34. The van der Waals surface area contributed by atoms with Crippen LogP contribution >= 0.6 is 10.6 Å². The van der Waals surface area contributed by atoms with Gasteiger partial charge in [0.1, 0.15) is 6.10 Å². The fraction of sp³-hybridized carbons (Fsp3) is 0.600. The van der Waals surface area contributed by atoms with Crippen LogP contribution in [-0.4, -0.2) is 27.6 Å². The Morgan fingerprint density at radius 3 is 2.75 bits per heavy atom. The van der Waals surface area contributed by atoms with Crippen molar-refractivity contribution >= 4 is 10.6 Å². The van der Waals surface area contributed by atoms with Gasteiger partial charge in [-0.05, 0) is 13.0 Å². The molecule has 0 N–H and O–H groups in total. The van der Waals surface area contributed by atoms with Crippen molar-refractivity contribution < 1.29 is 13.4 Å². The Labute approximate surface area is 95.8 Å². The summed E-state index contributed by atoms with van der Waals surface area (Å²) in [6.45, 7) is 1.93. The van der Waals surface area contributed by atoms with Crippen LogP contribution in [0.1, 0.15) is 18.5 Å². The van der Waals surface area contributed by atoms with Gasteiger partial charge in [-0.1, -0.05) is 0 Å². The highest BCUT2D eigenvalue weighted by atomic mass is 32.3. The molecule has 0 aliphatic carbocycles. The quantitative estimate of drug-likeness (QED) is 0.585. The zero-order valence-corrected chi connectivity index (χ0v) is 9.90. The molecule has 2 aliphatic rings. The molecule has 2 aliphatic heterocycles. The van der Waals surface area contributed by atoms with Crippen LogP contribution in [-0.2, 0) is 8.67 Å². The van der Waals surface area contributed by atoms with Crippen LogP contribution in [0.5, 0.6) is 6.01 Å². The molecule has 2 saturated heterocycles. The van der Waals surface area contributed by atoms with Gasteiger partial charge in [-0.15, -0.1) is 19.3 Å². The van der Waals surface area contributed by atoms with Gasteiger partial charge in [-0.2, -0.15) is 0 Å². The molecule has 0 atom stereocenters. The molecular weight excluding hydrogens is 228 g/mol. The second kappa shape index (κ2) is 3.87. The molecule has 0 radical (unpaired) electrons. The first-order valence-electron chi connectivity index (χ1n) is 5.38. The summed E-state index contributed by atoms with van der Waals surface area (Å²) in [4.78, 5) is 8.33. The van der Waals surface area contributed by atoms with Gasteiger partial charge in [0, 0.05) is 36.2 Å². The highest BCUT2D eigenvalue weighted by Gasteiger charge is 2.42. The van der Waals surface area contributed by atoms with Crippen LogP contribution < -0.4 is 4.74 Å². The van der Waals surface area contributed by atoms with Crippen LogP contribution in [0.25, 0.3) is 0 Å². The average molecular weight is 242 g/mol. The van der Waals surface area contributed by atoms with Crippen LogP contribution in [0.2, 0.25) is 0 Å². The third-order valence-corrected chi connectivity index (χ3v) is 5.04. The highest BCUT2D eigenvalue weighted by Crippen LogP contribution is 2.67. The number of aromatic nitrogens is 2. The lowest BCUT2D eigenvalue weighted by molar-refractivity contribution is 0.0850. The van der Waals surface area contributed by atoms with Crippen LogP contribution in [0.4, 0.5) is 0 Å². The minimum absolute atomic E-state index is 0.202. The van der Waals surface area contributed by atoms with E-state index in [1.54, 1.807) is 6.20 Å². The van der Waals surface area contributed by atoms with E-state index in [2.05, 4.69) is 9.97 Å². The lowest BCUT2D eigenvalue weighted by atomic mass is 10.2. The van der Waals surface area contributed by atoms with Gasteiger partial charge in [-0.25, -0.2) is 9.97 Å². The zero-order valence-electron chi connectivity index (χ0n) is 9.09. The Kier molecular flexibility index (Phi) is 2.49. The second-order valence-electron chi connectivity index (χ2n) is 4.09. The number of ether oxygens (including phenoxy) is 1. The average Bonchev–Trinajstić information content (AvgIpc) is 3.02. The molecule has 3 heterocycles. The first kappa shape index (κ1) is 10.3. The van der Waals surface area contributed by atoms with E-state index in [1.807, 2.05) is 13.0 Å². The van der Waals surface area contributed by atoms with Crippen molar-refractivity contribution in [2.75, 3.05) is 11.5 Å². The number of rotatable bonds is 2. The molecule has 0 aromatic carbocycles. The fourth-order valence-corrected chi connectivity index (χ4v) is 3.83. The molecule has 2 fully saturated rings. The molecular formula is C10H14N2O3S. The molecule has 16 heavy (non-hydrogen) atoms. The monoisotopic (exact) mass is 242 g/mol. The van der Waals surface area contributed by atoms with E-state index < -0.39 is 10.6 Å². The van der Waals surface area contributed by atoms with Crippen molar-refractivity contribution in [3.8, 4) is 6.01 Å². The lowest BCUT2D eigenvalue weighted by Crippen LogP contribution is -2.25. The van der Waals surface area contributed by atoms with Crippen molar-refractivity contribution in [2.45, 2.75) is 25.9 Å². The minimum Gasteiger partial charge on any atom is -0.460 e. The van der Waals surface area contributed by atoms with Crippen molar-refractivity contribution in [2.24, 2.45) is 0 Å². The SMILES string of the molecule is Cc1ccnc(OC2CCS3(CC2)OO3)n1. The van der Waals surface area contributed by atoms with Crippen molar-refractivity contribution in [3.63, 3.8) is 0 Å². The summed E-state index contributed by atoms with van der Waals surface area (Å²) in [7, 11) is -1.09. The van der Waals surface area contributed by atoms with E-state index >= 15 is 0 Å². The Morgan fingerprint density at radius 1 is 1.38 bits per heavy atom. The van der Waals surface area contributed by atoms with E-state index in [4.69, 9.17) is 13.4 Å². The second-order valence-corrected chi connectivity index (χ2v) is 6.66. The summed E-state index contributed by atoms with van der Waals surface area (Å²) in [5.41, 5.74) is 0.928. The van der Waals surface area contributed by atoms with Gasteiger partial charge in [0.15, 0.2) is 0 Å². The molecule has 0 saturated carbocycles. The third-order valence-electron chi connectivity index (χ3n) is 2.81. The van der Waals surface area contributed by atoms with E-state index in [9.17, 15) is 0 Å². The van der Waals surface area contributed by atoms with E-state index in [-0.39, 0.29) is 6.10 Å². The maximum Gasteiger partial charge on any atom is 0.316 e. The number of hydrogen-bond donors (Lipinski definition) is 0. The minimum atomic E-state index is -1.09. The largest absolute Gasteiger partial charge is 0.460 e. The molecule has 1 spiro atoms. The summed E-state index contributed by atoms with van der Waals surface area (Å²) >= 11 is 0. The maximum atomic E-state index is 5.74. The van der Waals surface area contributed by atoms with E-state index in [0.29, 0.717) is 6.01 Å². The Balaban J connectivity index is 1.59. The summed E-state index contributed by atoms with van der Waals surface area (Å²) in [5.74, 6) is 1.95.